The number of amides is 2. The number of methoxy groups -OCH3 is 1. The van der Waals surface area contributed by atoms with Crippen LogP contribution in [0.4, 0.5) is 17.6 Å². The standard InChI is InChI=1S/C25H25FN2O4.C2HF3O2/c1-27-22(29)19-20(23(27)30)25(24(31)32-2)13-3-4-14-28(25)21(19)17-7-5-15(6-8-17)16-9-11-18(26)12-10-16;3-2(4,5)1(6)7/h5-12,19-21H,3-4,13-14H2,1-2H3;(H,6,7)/t19?,20?,21?,25-;/m0./s1. The molecule has 0 radical (unpaired) electrons. The summed E-state index contributed by atoms with van der Waals surface area (Å²) in [7, 11) is 2.84. The quantitative estimate of drug-likeness (QED) is 0.352. The number of carbonyl (C=O) groups is 4. The molecular weight excluding hydrogens is 524 g/mol. The Morgan fingerprint density at radius 1 is 0.974 bits per heavy atom. The van der Waals surface area contributed by atoms with Gasteiger partial charge < -0.3 is 9.84 Å². The second kappa shape index (κ2) is 10.4. The summed E-state index contributed by atoms with van der Waals surface area (Å²) in [6, 6.07) is 13.6. The van der Waals surface area contributed by atoms with Crippen molar-refractivity contribution >= 4 is 23.8 Å². The van der Waals surface area contributed by atoms with E-state index in [1.807, 2.05) is 29.2 Å². The monoisotopic (exact) mass is 550 g/mol. The summed E-state index contributed by atoms with van der Waals surface area (Å²) in [6.45, 7) is 0.622. The molecule has 3 aliphatic heterocycles. The first kappa shape index (κ1) is 28.2. The number of halogens is 4. The molecule has 8 nitrogen and oxygen atoms in total. The predicted octanol–water partition coefficient (Wildman–Crippen LogP) is 3.81. The van der Waals surface area contributed by atoms with Gasteiger partial charge in [-0.2, -0.15) is 13.2 Å². The van der Waals surface area contributed by atoms with Gasteiger partial charge in [0.15, 0.2) is 0 Å². The van der Waals surface area contributed by atoms with Gasteiger partial charge in [0.05, 0.1) is 18.9 Å². The number of piperidine rings is 1. The van der Waals surface area contributed by atoms with Crippen LogP contribution in [-0.4, -0.2) is 71.1 Å². The minimum atomic E-state index is -5.08. The average Bonchev–Trinajstić information content (AvgIpc) is 3.34. The van der Waals surface area contributed by atoms with Gasteiger partial charge in [-0.1, -0.05) is 36.4 Å². The number of fused-ring (bicyclic) bond motifs is 3. The van der Waals surface area contributed by atoms with Crippen LogP contribution in [0.15, 0.2) is 48.5 Å². The molecule has 0 aliphatic carbocycles. The maximum Gasteiger partial charge on any atom is 0.490 e. The van der Waals surface area contributed by atoms with E-state index < -0.39 is 35.5 Å². The maximum absolute atomic E-state index is 13.3. The highest BCUT2D eigenvalue weighted by atomic mass is 19.4. The van der Waals surface area contributed by atoms with Crippen molar-refractivity contribution in [1.29, 1.82) is 0 Å². The van der Waals surface area contributed by atoms with Gasteiger partial charge in [-0.3, -0.25) is 24.2 Å². The summed E-state index contributed by atoms with van der Waals surface area (Å²) < 4.78 is 50.2. The lowest BCUT2D eigenvalue weighted by atomic mass is 9.75. The van der Waals surface area contributed by atoms with Gasteiger partial charge in [0.2, 0.25) is 11.8 Å². The molecular formula is C27H26F4N2O6. The molecule has 4 atom stereocenters. The number of benzene rings is 2. The molecule has 0 saturated carbocycles. The Hall–Kier alpha value is -3.80. The fraction of sp³-hybridized carbons (Fsp3) is 0.407. The van der Waals surface area contributed by atoms with E-state index in [0.717, 1.165) is 29.5 Å². The van der Waals surface area contributed by atoms with Crippen molar-refractivity contribution in [3.63, 3.8) is 0 Å². The first-order chi connectivity index (χ1) is 18.3. The van der Waals surface area contributed by atoms with E-state index in [9.17, 15) is 31.9 Å². The molecule has 2 amide bonds. The van der Waals surface area contributed by atoms with Crippen LogP contribution in [0.5, 0.6) is 0 Å². The van der Waals surface area contributed by atoms with Crippen LogP contribution < -0.4 is 0 Å². The van der Waals surface area contributed by atoms with Gasteiger partial charge in [-0.05, 0) is 54.6 Å². The maximum atomic E-state index is 13.3. The lowest BCUT2D eigenvalue weighted by Gasteiger charge is -2.44. The SMILES string of the molecule is COC(=O)[C@@]12CCCCN1C(c1ccc(-c3ccc(F)cc3)cc1)C1C(=O)N(C)C(=O)C12.O=C(O)C(F)(F)F. The topological polar surface area (TPSA) is 104 Å². The van der Waals surface area contributed by atoms with Gasteiger partial charge in [0, 0.05) is 13.1 Å². The van der Waals surface area contributed by atoms with E-state index in [1.165, 1.54) is 31.2 Å². The number of imide groups is 1. The number of carboxylic acid groups (broad SMARTS) is 1. The number of alkyl halides is 3. The van der Waals surface area contributed by atoms with Gasteiger partial charge in [-0.15, -0.1) is 0 Å². The number of esters is 1. The highest BCUT2D eigenvalue weighted by molar-refractivity contribution is 6.09. The van der Waals surface area contributed by atoms with E-state index in [2.05, 4.69) is 0 Å². The molecule has 2 aromatic rings. The summed E-state index contributed by atoms with van der Waals surface area (Å²) in [5.41, 5.74) is 1.58. The molecule has 208 valence electrons. The van der Waals surface area contributed by atoms with Gasteiger partial charge in [-0.25, -0.2) is 9.18 Å². The normalized spacial score (nSPS) is 26.4. The van der Waals surface area contributed by atoms with Crippen LogP contribution in [0.1, 0.15) is 30.9 Å². The number of carboxylic acids is 1. The Kier molecular flexibility index (Phi) is 7.53. The molecule has 3 unspecified atom stereocenters. The number of hydrogen-bond acceptors (Lipinski definition) is 6. The molecule has 0 aromatic heterocycles. The van der Waals surface area contributed by atoms with Gasteiger partial charge in [0.25, 0.3) is 0 Å². The van der Waals surface area contributed by atoms with Crippen molar-refractivity contribution in [2.45, 2.75) is 37.0 Å². The Labute approximate surface area is 221 Å². The van der Waals surface area contributed by atoms with Crippen molar-refractivity contribution < 1.29 is 46.6 Å². The Morgan fingerprint density at radius 2 is 1.51 bits per heavy atom. The fourth-order valence-corrected chi connectivity index (χ4v) is 6.02. The second-order valence-corrected chi connectivity index (χ2v) is 9.68. The van der Waals surface area contributed by atoms with E-state index in [0.29, 0.717) is 13.0 Å². The van der Waals surface area contributed by atoms with Crippen LogP contribution in [0.25, 0.3) is 11.1 Å². The first-order valence-electron chi connectivity index (χ1n) is 12.2. The first-order valence-corrected chi connectivity index (χ1v) is 12.2. The number of aliphatic carboxylic acids is 1. The number of nitrogens with zero attached hydrogens (tertiary/aromatic N) is 2. The third-order valence-corrected chi connectivity index (χ3v) is 7.69. The zero-order chi connectivity index (χ0) is 28.7. The van der Waals surface area contributed by atoms with Gasteiger partial charge in [0.1, 0.15) is 11.4 Å². The van der Waals surface area contributed by atoms with Crippen LogP contribution in [0, 0.1) is 17.7 Å². The Morgan fingerprint density at radius 3 is 2.03 bits per heavy atom. The third kappa shape index (κ3) is 4.77. The Bertz CT molecular complexity index is 1280. The number of hydrogen-bond donors (Lipinski definition) is 1. The van der Waals surface area contributed by atoms with Crippen molar-refractivity contribution in [2.75, 3.05) is 20.7 Å². The van der Waals surface area contributed by atoms with E-state index >= 15 is 0 Å². The number of likely N-dealkylation sites (tertiary alicyclic amines) is 1. The van der Waals surface area contributed by atoms with Crippen molar-refractivity contribution in [3.8, 4) is 11.1 Å². The molecule has 3 aliphatic rings. The third-order valence-electron chi connectivity index (χ3n) is 7.69. The lowest BCUT2D eigenvalue weighted by Crippen LogP contribution is -2.59. The minimum absolute atomic E-state index is 0.245. The van der Waals surface area contributed by atoms with Gasteiger partial charge >= 0.3 is 18.1 Å². The zero-order valence-electron chi connectivity index (χ0n) is 21.1. The van der Waals surface area contributed by atoms with Crippen molar-refractivity contribution in [3.05, 3.63) is 59.9 Å². The molecule has 39 heavy (non-hydrogen) atoms. The fourth-order valence-electron chi connectivity index (χ4n) is 6.02. The summed E-state index contributed by atoms with van der Waals surface area (Å²) in [4.78, 5) is 51.6. The van der Waals surface area contributed by atoms with Crippen LogP contribution in [-0.2, 0) is 23.9 Å². The summed E-state index contributed by atoms with van der Waals surface area (Å²) in [6.07, 6.45) is -2.89. The molecule has 12 heteroatoms. The molecule has 3 saturated heterocycles. The molecule has 5 rings (SSSR count). The lowest BCUT2D eigenvalue weighted by molar-refractivity contribution is -0.192. The number of ether oxygens (including phenoxy) is 1. The largest absolute Gasteiger partial charge is 0.490 e. The van der Waals surface area contributed by atoms with Crippen LogP contribution >= 0.6 is 0 Å². The summed E-state index contributed by atoms with van der Waals surface area (Å²) in [5, 5.41) is 7.12. The molecule has 0 spiro atoms. The van der Waals surface area contributed by atoms with Crippen LogP contribution in [0.3, 0.4) is 0 Å². The van der Waals surface area contributed by atoms with E-state index in [4.69, 9.17) is 14.6 Å². The predicted molar refractivity (Wildman–Crippen MR) is 128 cm³/mol. The van der Waals surface area contributed by atoms with Crippen molar-refractivity contribution in [1.82, 2.24) is 9.80 Å². The minimum Gasteiger partial charge on any atom is -0.475 e. The smallest absolute Gasteiger partial charge is 0.475 e. The summed E-state index contributed by atoms with van der Waals surface area (Å²) in [5.74, 6) is -5.40. The molecule has 2 aromatic carbocycles. The molecule has 3 fully saturated rings. The Balaban J connectivity index is 0.000000448. The van der Waals surface area contributed by atoms with E-state index in [1.54, 1.807) is 12.1 Å². The number of carbonyl (C=O) groups excluding carboxylic acids is 3. The zero-order valence-corrected chi connectivity index (χ0v) is 21.1. The van der Waals surface area contributed by atoms with E-state index in [-0.39, 0.29) is 23.7 Å². The number of rotatable bonds is 3. The average molecular weight is 551 g/mol. The molecule has 1 N–H and O–H groups in total. The summed E-state index contributed by atoms with van der Waals surface area (Å²) >= 11 is 0. The van der Waals surface area contributed by atoms with Crippen LogP contribution in [0.2, 0.25) is 0 Å². The van der Waals surface area contributed by atoms with Crippen molar-refractivity contribution in [2.24, 2.45) is 11.8 Å². The molecule has 3 heterocycles. The molecule has 0 bridgehead atoms. The second-order valence-electron chi connectivity index (χ2n) is 9.68. The highest BCUT2D eigenvalue weighted by Gasteiger charge is 2.72. The highest BCUT2D eigenvalue weighted by Crippen LogP contribution is 2.58.